The second-order valence-electron chi connectivity index (χ2n) is 3.28. The minimum atomic E-state index is 1.08. The van der Waals surface area contributed by atoms with Crippen LogP contribution in [0.3, 0.4) is 0 Å². The zero-order chi connectivity index (χ0) is 11.0. The largest absolute Gasteiger partial charge is 0.0984 e. The topological polar surface area (TPSA) is 0 Å². The van der Waals surface area contributed by atoms with E-state index in [1.54, 1.807) is 0 Å². The molecule has 76 valence electrons. The average molecular weight is 188 g/mol. The van der Waals surface area contributed by atoms with Crippen LogP contribution in [-0.4, -0.2) is 0 Å². The first-order chi connectivity index (χ1) is 6.67. The minimum absolute atomic E-state index is 1.08. The third-order valence-electron chi connectivity index (χ3n) is 1.64. The van der Waals surface area contributed by atoms with E-state index in [9.17, 15) is 0 Å². The molecule has 1 rings (SSSR count). The fraction of sp³-hybridized carbons (Fsp3) is 0.286. The van der Waals surface area contributed by atoms with Crippen LogP contribution in [0.4, 0.5) is 0 Å². The summed E-state index contributed by atoms with van der Waals surface area (Å²) in [5.41, 5.74) is 3.42. The van der Waals surface area contributed by atoms with Crippen molar-refractivity contribution in [3.8, 4) is 0 Å². The molecule has 1 aromatic rings. The number of allylic oxidation sites excluding steroid dienone is 1. The Kier molecular flexibility index (Phi) is 6.47. The van der Waals surface area contributed by atoms with Crippen LogP contribution in [0.15, 0.2) is 37.4 Å². The summed E-state index contributed by atoms with van der Waals surface area (Å²) in [6, 6.07) is 8.11. The Balaban J connectivity index is 0.000000500. The highest BCUT2D eigenvalue weighted by Crippen LogP contribution is 2.17. The van der Waals surface area contributed by atoms with Gasteiger partial charge in [0.05, 0.1) is 0 Å². The molecule has 0 saturated carbocycles. The van der Waals surface area contributed by atoms with Gasteiger partial charge >= 0.3 is 0 Å². The van der Waals surface area contributed by atoms with Gasteiger partial charge in [0, 0.05) is 0 Å². The molecular formula is C14H20. The van der Waals surface area contributed by atoms with Crippen molar-refractivity contribution >= 4 is 11.6 Å². The molecule has 0 heterocycles. The third-order valence-corrected chi connectivity index (χ3v) is 1.64. The molecular weight excluding hydrogens is 168 g/mol. The Morgan fingerprint density at radius 1 is 1.29 bits per heavy atom. The lowest BCUT2D eigenvalue weighted by Gasteiger charge is -2.02. The highest BCUT2D eigenvalue weighted by Gasteiger charge is 1.96. The summed E-state index contributed by atoms with van der Waals surface area (Å²) in [6.07, 6.45) is 3.10. The van der Waals surface area contributed by atoms with Gasteiger partial charge in [0.25, 0.3) is 0 Å². The molecule has 0 heteroatoms. The molecule has 14 heavy (non-hydrogen) atoms. The highest BCUT2D eigenvalue weighted by molar-refractivity contribution is 5.71. The van der Waals surface area contributed by atoms with E-state index in [0.717, 1.165) is 11.1 Å². The van der Waals surface area contributed by atoms with Crippen molar-refractivity contribution in [2.75, 3.05) is 0 Å². The predicted molar refractivity (Wildman–Crippen MR) is 67.2 cm³/mol. The van der Waals surface area contributed by atoms with Gasteiger partial charge in [0.1, 0.15) is 0 Å². The molecule has 0 aliphatic rings. The fourth-order valence-corrected chi connectivity index (χ4v) is 1.06. The van der Waals surface area contributed by atoms with Crippen LogP contribution in [0.2, 0.25) is 0 Å². The Morgan fingerprint density at radius 2 is 1.79 bits per heavy atom. The summed E-state index contributed by atoms with van der Waals surface area (Å²) in [5, 5.41) is 0. The molecule has 0 saturated heterocycles. The van der Waals surface area contributed by atoms with Gasteiger partial charge in [-0.25, -0.2) is 0 Å². The number of hydrogen-bond donors (Lipinski definition) is 0. The minimum Gasteiger partial charge on any atom is -0.0984 e. The molecule has 0 aliphatic heterocycles. The van der Waals surface area contributed by atoms with Crippen molar-refractivity contribution in [3.05, 3.63) is 48.6 Å². The lowest BCUT2D eigenvalue weighted by Crippen LogP contribution is -1.82. The van der Waals surface area contributed by atoms with Gasteiger partial charge in [-0.1, -0.05) is 69.3 Å². The first-order valence-corrected chi connectivity index (χ1v) is 5.04. The van der Waals surface area contributed by atoms with E-state index >= 15 is 0 Å². The number of rotatable bonds is 2. The van der Waals surface area contributed by atoms with E-state index in [1.807, 2.05) is 31.2 Å². The van der Waals surface area contributed by atoms with Crippen LogP contribution in [-0.2, 0) is 0 Å². The monoisotopic (exact) mass is 188 g/mol. The summed E-state index contributed by atoms with van der Waals surface area (Å²) in [6.45, 7) is 13.9. The average Bonchev–Trinajstić information content (AvgIpc) is 2.19. The van der Waals surface area contributed by atoms with E-state index < -0.39 is 0 Å². The maximum Gasteiger partial charge on any atom is -0.0161 e. The van der Waals surface area contributed by atoms with Gasteiger partial charge in [-0.3, -0.25) is 0 Å². The Labute approximate surface area is 88.0 Å². The second-order valence-corrected chi connectivity index (χ2v) is 3.28. The predicted octanol–water partition coefficient (Wildman–Crippen LogP) is 4.78. The van der Waals surface area contributed by atoms with Crippen molar-refractivity contribution in [2.45, 2.75) is 27.2 Å². The van der Waals surface area contributed by atoms with Crippen LogP contribution in [0.1, 0.15) is 38.3 Å². The van der Waals surface area contributed by atoms with Crippen LogP contribution in [0.25, 0.3) is 11.6 Å². The van der Waals surface area contributed by atoms with Crippen molar-refractivity contribution in [2.24, 2.45) is 0 Å². The zero-order valence-electron chi connectivity index (χ0n) is 9.51. The van der Waals surface area contributed by atoms with Gasteiger partial charge in [-0.05, 0) is 18.1 Å². The van der Waals surface area contributed by atoms with Gasteiger partial charge in [0.2, 0.25) is 0 Å². The van der Waals surface area contributed by atoms with Gasteiger partial charge < -0.3 is 0 Å². The first-order valence-electron chi connectivity index (χ1n) is 5.04. The first kappa shape index (κ1) is 12.7. The standard InChI is InChI=1S/C11H12.C3H8/c1-4-10-7-5-6-8-11(10)9(2)3;1-3-2/h4-8H,1-2H2,3H3;3H2,1-2H3. The molecule has 0 aromatic heterocycles. The molecule has 0 fully saturated rings. The quantitative estimate of drug-likeness (QED) is 0.626. The fourth-order valence-electron chi connectivity index (χ4n) is 1.06. The molecule has 0 unspecified atom stereocenters. The van der Waals surface area contributed by atoms with Gasteiger partial charge in [-0.15, -0.1) is 0 Å². The highest BCUT2D eigenvalue weighted by atomic mass is 14.0. The lowest BCUT2D eigenvalue weighted by atomic mass is 10.0. The summed E-state index contributed by atoms with van der Waals surface area (Å²) < 4.78 is 0. The van der Waals surface area contributed by atoms with Crippen LogP contribution in [0.5, 0.6) is 0 Å². The van der Waals surface area contributed by atoms with Crippen LogP contribution < -0.4 is 0 Å². The van der Waals surface area contributed by atoms with E-state index in [1.165, 1.54) is 12.0 Å². The van der Waals surface area contributed by atoms with E-state index in [4.69, 9.17) is 0 Å². The molecule has 0 amide bonds. The molecule has 0 N–H and O–H groups in total. The molecule has 0 spiro atoms. The van der Waals surface area contributed by atoms with E-state index in [0.29, 0.717) is 0 Å². The summed E-state index contributed by atoms with van der Waals surface area (Å²) in [4.78, 5) is 0. The Hall–Kier alpha value is -1.30. The summed E-state index contributed by atoms with van der Waals surface area (Å²) in [5.74, 6) is 0. The summed E-state index contributed by atoms with van der Waals surface area (Å²) in [7, 11) is 0. The van der Waals surface area contributed by atoms with Crippen LogP contribution >= 0.6 is 0 Å². The third kappa shape index (κ3) is 4.08. The Morgan fingerprint density at radius 3 is 2.14 bits per heavy atom. The molecule has 1 aromatic carbocycles. The van der Waals surface area contributed by atoms with Crippen molar-refractivity contribution in [3.63, 3.8) is 0 Å². The lowest BCUT2D eigenvalue weighted by molar-refractivity contribution is 1.09. The SMILES string of the molecule is C=Cc1ccccc1C(=C)C.CCC. The van der Waals surface area contributed by atoms with Crippen molar-refractivity contribution < 1.29 is 0 Å². The van der Waals surface area contributed by atoms with Crippen LogP contribution in [0, 0.1) is 0 Å². The molecule has 0 nitrogen and oxygen atoms in total. The van der Waals surface area contributed by atoms with Gasteiger partial charge in [-0.2, -0.15) is 0 Å². The molecule has 0 atom stereocenters. The zero-order valence-corrected chi connectivity index (χ0v) is 9.51. The summed E-state index contributed by atoms with van der Waals surface area (Å²) >= 11 is 0. The maximum atomic E-state index is 3.89. The maximum absolute atomic E-state index is 3.89. The van der Waals surface area contributed by atoms with Crippen molar-refractivity contribution in [1.29, 1.82) is 0 Å². The van der Waals surface area contributed by atoms with Crippen molar-refractivity contribution in [1.82, 2.24) is 0 Å². The smallest absolute Gasteiger partial charge is 0.0161 e. The Bertz CT molecular complexity index is 295. The number of hydrogen-bond acceptors (Lipinski definition) is 0. The van der Waals surface area contributed by atoms with Gasteiger partial charge in [0.15, 0.2) is 0 Å². The molecule has 0 radical (unpaired) electrons. The van der Waals surface area contributed by atoms with E-state index in [-0.39, 0.29) is 0 Å². The number of benzene rings is 1. The normalized spacial score (nSPS) is 8.50. The second kappa shape index (κ2) is 7.14. The molecule has 0 aliphatic carbocycles. The van der Waals surface area contributed by atoms with E-state index in [2.05, 4.69) is 33.1 Å². The molecule has 0 bridgehead atoms.